The lowest BCUT2D eigenvalue weighted by molar-refractivity contribution is -0.0445. The average molecular weight is 347 g/mol. The number of rotatable bonds is 6. The summed E-state index contributed by atoms with van der Waals surface area (Å²) in [6.07, 6.45) is 5.03. The zero-order valence-corrected chi connectivity index (χ0v) is 16.0. The van der Waals surface area contributed by atoms with Crippen LogP contribution in [-0.4, -0.2) is 43.5 Å². The summed E-state index contributed by atoms with van der Waals surface area (Å²) in [5.74, 6) is 0. The highest BCUT2D eigenvalue weighted by atomic mass is 16.5. The third kappa shape index (κ3) is 5.27. The summed E-state index contributed by atoms with van der Waals surface area (Å²) in [4.78, 5) is 0. The van der Waals surface area contributed by atoms with Crippen molar-refractivity contribution in [2.24, 2.45) is 0 Å². The minimum atomic E-state index is 0.109. The zero-order valence-electron chi connectivity index (χ0n) is 16.0. The summed E-state index contributed by atoms with van der Waals surface area (Å²) in [5.41, 5.74) is 1.46. The predicted octanol–water partition coefficient (Wildman–Crippen LogP) is 3.43. The monoisotopic (exact) mass is 346 g/mol. The van der Waals surface area contributed by atoms with Crippen molar-refractivity contribution >= 4 is 0 Å². The summed E-state index contributed by atoms with van der Waals surface area (Å²) in [5, 5.41) is 7.79. The fourth-order valence-electron chi connectivity index (χ4n) is 4.33. The molecule has 0 radical (unpaired) electrons. The Hall–Kier alpha value is -0.940. The van der Waals surface area contributed by atoms with Gasteiger partial charge < -0.3 is 20.1 Å². The molecule has 0 saturated carbocycles. The first-order valence-corrected chi connectivity index (χ1v) is 9.85. The van der Waals surface area contributed by atoms with E-state index in [1.807, 2.05) is 0 Å². The number of benzene rings is 1. The van der Waals surface area contributed by atoms with Gasteiger partial charge in [0, 0.05) is 37.4 Å². The molecule has 4 nitrogen and oxygen atoms in total. The average Bonchev–Trinajstić information content (AvgIpc) is 2.61. The number of ether oxygens (including phenoxy) is 2. The van der Waals surface area contributed by atoms with Gasteiger partial charge in [0.2, 0.25) is 0 Å². The van der Waals surface area contributed by atoms with Gasteiger partial charge in [-0.3, -0.25) is 0 Å². The van der Waals surface area contributed by atoms with Gasteiger partial charge in [0.05, 0.1) is 12.2 Å². The summed E-state index contributed by atoms with van der Waals surface area (Å²) in [7, 11) is 0. The van der Waals surface area contributed by atoms with E-state index in [1.54, 1.807) is 0 Å². The van der Waals surface area contributed by atoms with Crippen LogP contribution in [0.3, 0.4) is 0 Å². The smallest absolute Gasteiger partial charge is 0.0565 e. The van der Waals surface area contributed by atoms with E-state index in [0.717, 1.165) is 45.4 Å². The van der Waals surface area contributed by atoms with E-state index in [9.17, 15) is 0 Å². The summed E-state index contributed by atoms with van der Waals surface area (Å²) >= 11 is 0. The molecule has 3 atom stereocenters. The molecule has 2 heterocycles. The Bertz CT molecular complexity index is 506. The van der Waals surface area contributed by atoms with Crippen molar-refractivity contribution in [3.05, 3.63) is 35.9 Å². The molecule has 0 aliphatic carbocycles. The quantitative estimate of drug-likeness (QED) is 0.828. The number of hydrogen-bond donors (Lipinski definition) is 2. The first-order valence-electron chi connectivity index (χ1n) is 9.85. The summed E-state index contributed by atoms with van der Waals surface area (Å²) in [6, 6.07) is 11.6. The highest BCUT2D eigenvalue weighted by Crippen LogP contribution is 2.26. The molecule has 0 amide bonds. The predicted molar refractivity (Wildman–Crippen MR) is 102 cm³/mol. The molecule has 0 spiro atoms. The molecule has 2 saturated heterocycles. The summed E-state index contributed by atoms with van der Waals surface area (Å²) in [6.45, 7) is 9.32. The van der Waals surface area contributed by atoms with Crippen molar-refractivity contribution in [3.63, 3.8) is 0 Å². The topological polar surface area (TPSA) is 42.5 Å². The Kier molecular flexibility index (Phi) is 6.50. The van der Waals surface area contributed by atoms with E-state index in [1.165, 1.54) is 5.56 Å². The summed E-state index contributed by atoms with van der Waals surface area (Å²) < 4.78 is 11.5. The van der Waals surface area contributed by atoms with Gasteiger partial charge in [-0.1, -0.05) is 30.3 Å². The molecule has 1 aromatic carbocycles. The third-order valence-electron chi connectivity index (χ3n) is 5.70. The molecule has 25 heavy (non-hydrogen) atoms. The largest absolute Gasteiger partial charge is 0.381 e. The van der Waals surface area contributed by atoms with E-state index in [0.29, 0.717) is 24.3 Å². The molecular weight excluding hydrogens is 312 g/mol. The van der Waals surface area contributed by atoms with Crippen LogP contribution in [0.15, 0.2) is 30.3 Å². The van der Waals surface area contributed by atoms with Gasteiger partial charge in [0.1, 0.15) is 0 Å². The van der Waals surface area contributed by atoms with Crippen LogP contribution < -0.4 is 10.6 Å². The molecule has 0 aromatic heterocycles. The number of hydrogen-bond acceptors (Lipinski definition) is 4. The third-order valence-corrected chi connectivity index (χ3v) is 5.70. The minimum Gasteiger partial charge on any atom is -0.381 e. The standard InChI is InChI=1S/C21H34N2O2/c1-16-13-20(14-17(2)25-16)22-15-21(9-11-24-12-10-21)23-18(3)19-7-5-4-6-8-19/h4-8,16-18,20,22-23H,9-15H2,1-3H3/t16-,17-,18-/m1/s1. The van der Waals surface area contributed by atoms with Crippen molar-refractivity contribution in [2.45, 2.75) is 76.3 Å². The lowest BCUT2D eigenvalue weighted by atomic mass is 9.87. The normalized spacial score (nSPS) is 30.8. The molecule has 2 aliphatic rings. The van der Waals surface area contributed by atoms with Crippen molar-refractivity contribution in [1.82, 2.24) is 10.6 Å². The molecular formula is C21H34N2O2. The van der Waals surface area contributed by atoms with Gasteiger partial charge in [-0.25, -0.2) is 0 Å². The van der Waals surface area contributed by atoms with Crippen LogP contribution in [0.4, 0.5) is 0 Å². The van der Waals surface area contributed by atoms with Crippen molar-refractivity contribution in [1.29, 1.82) is 0 Å². The van der Waals surface area contributed by atoms with Crippen LogP contribution in [0.25, 0.3) is 0 Å². The second kappa shape index (κ2) is 8.63. The van der Waals surface area contributed by atoms with E-state index in [-0.39, 0.29) is 5.54 Å². The first-order chi connectivity index (χ1) is 12.1. The van der Waals surface area contributed by atoms with Gasteiger partial charge in [0.25, 0.3) is 0 Å². The molecule has 0 unspecified atom stereocenters. The lowest BCUT2D eigenvalue weighted by Crippen LogP contribution is -2.58. The van der Waals surface area contributed by atoms with E-state index < -0.39 is 0 Å². The van der Waals surface area contributed by atoms with Crippen LogP contribution in [0.1, 0.15) is 58.1 Å². The van der Waals surface area contributed by atoms with Crippen LogP contribution in [0.5, 0.6) is 0 Å². The molecule has 140 valence electrons. The van der Waals surface area contributed by atoms with Crippen LogP contribution in [0.2, 0.25) is 0 Å². The van der Waals surface area contributed by atoms with Crippen molar-refractivity contribution in [3.8, 4) is 0 Å². The number of nitrogens with one attached hydrogen (secondary N) is 2. The van der Waals surface area contributed by atoms with E-state index in [4.69, 9.17) is 9.47 Å². The maximum Gasteiger partial charge on any atom is 0.0565 e. The maximum atomic E-state index is 5.88. The lowest BCUT2D eigenvalue weighted by Gasteiger charge is -2.42. The van der Waals surface area contributed by atoms with E-state index >= 15 is 0 Å². The second-order valence-corrected chi connectivity index (χ2v) is 7.98. The fraction of sp³-hybridized carbons (Fsp3) is 0.714. The molecule has 0 bridgehead atoms. The molecule has 2 N–H and O–H groups in total. The SMILES string of the molecule is C[C@@H]1CC(NCC2(N[C@H](C)c3ccccc3)CCOCC2)C[C@@H](C)O1. The minimum absolute atomic E-state index is 0.109. The Morgan fingerprint density at radius 2 is 1.72 bits per heavy atom. The van der Waals surface area contributed by atoms with Crippen molar-refractivity contribution in [2.75, 3.05) is 19.8 Å². The highest BCUT2D eigenvalue weighted by molar-refractivity contribution is 5.19. The Morgan fingerprint density at radius 3 is 2.36 bits per heavy atom. The molecule has 4 heteroatoms. The van der Waals surface area contributed by atoms with Crippen molar-refractivity contribution < 1.29 is 9.47 Å². The molecule has 3 rings (SSSR count). The van der Waals surface area contributed by atoms with Gasteiger partial charge in [-0.05, 0) is 52.0 Å². The first kappa shape index (κ1) is 18.8. The van der Waals surface area contributed by atoms with Gasteiger partial charge in [-0.15, -0.1) is 0 Å². The Morgan fingerprint density at radius 1 is 1.08 bits per heavy atom. The highest BCUT2D eigenvalue weighted by Gasteiger charge is 2.35. The Labute approximate surface area is 152 Å². The zero-order chi connectivity index (χ0) is 17.7. The van der Waals surface area contributed by atoms with E-state index in [2.05, 4.69) is 61.7 Å². The Balaban J connectivity index is 1.62. The molecule has 1 aromatic rings. The van der Waals surface area contributed by atoms with Gasteiger partial charge in [0.15, 0.2) is 0 Å². The van der Waals surface area contributed by atoms with Crippen LogP contribution >= 0.6 is 0 Å². The maximum absolute atomic E-state index is 5.88. The molecule has 2 fully saturated rings. The van der Waals surface area contributed by atoms with Gasteiger partial charge >= 0.3 is 0 Å². The van der Waals surface area contributed by atoms with Crippen LogP contribution in [0, 0.1) is 0 Å². The second-order valence-electron chi connectivity index (χ2n) is 7.98. The molecule has 2 aliphatic heterocycles. The fourth-order valence-corrected chi connectivity index (χ4v) is 4.33. The van der Waals surface area contributed by atoms with Crippen LogP contribution in [-0.2, 0) is 9.47 Å². The van der Waals surface area contributed by atoms with Gasteiger partial charge in [-0.2, -0.15) is 0 Å².